The fourth-order valence-electron chi connectivity index (χ4n) is 1.12. The number of benzene rings is 1. The second-order valence-electron chi connectivity index (χ2n) is 3.05. The van der Waals surface area contributed by atoms with Crippen LogP contribution in [0.5, 0.6) is 0 Å². The Morgan fingerprint density at radius 1 is 1.29 bits per heavy atom. The minimum Gasteiger partial charge on any atom is -0.478 e. The lowest BCUT2D eigenvalue weighted by molar-refractivity contribution is 0.0692. The molecule has 0 radical (unpaired) electrons. The number of carbonyl (C=O) groups is 1. The summed E-state index contributed by atoms with van der Waals surface area (Å²) >= 11 is 0. The molecule has 0 amide bonds. The minimum atomic E-state index is -4.28. The lowest BCUT2D eigenvalue weighted by Crippen LogP contribution is -2.24. The number of nitrogens with zero attached hydrogens (tertiary/aromatic N) is 1. The second kappa shape index (κ2) is 4.29. The van der Waals surface area contributed by atoms with E-state index in [0.717, 1.165) is 12.1 Å². The van der Waals surface area contributed by atoms with Gasteiger partial charge >= 0.3 is 5.97 Å². The third-order valence-corrected chi connectivity index (χ3v) is 3.08. The summed E-state index contributed by atoms with van der Waals surface area (Å²) in [4.78, 5) is 10.3. The molecule has 0 aromatic heterocycles. The standard InChI is InChI=1S/C8H10N4O4S/c9-4-1-2-5(7(13)14)6(3-4)17(15,16)12-8(10)11/h1-3H,9H2,(H,13,14)(H4,10,11,12). The zero-order valence-electron chi connectivity index (χ0n) is 8.49. The molecular formula is C8H10N4O4S. The number of hydrogen-bond donors (Lipinski definition) is 4. The van der Waals surface area contributed by atoms with Crippen LogP contribution < -0.4 is 17.2 Å². The van der Waals surface area contributed by atoms with E-state index in [4.69, 9.17) is 22.3 Å². The van der Waals surface area contributed by atoms with E-state index in [2.05, 4.69) is 4.40 Å². The van der Waals surface area contributed by atoms with Crippen molar-refractivity contribution in [2.24, 2.45) is 15.9 Å². The van der Waals surface area contributed by atoms with Crippen molar-refractivity contribution in [3.63, 3.8) is 0 Å². The predicted molar refractivity (Wildman–Crippen MR) is 60.8 cm³/mol. The summed E-state index contributed by atoms with van der Waals surface area (Å²) in [7, 11) is -4.28. The summed E-state index contributed by atoms with van der Waals surface area (Å²) in [6.45, 7) is 0. The lowest BCUT2D eigenvalue weighted by atomic mass is 10.2. The first-order valence-corrected chi connectivity index (χ1v) is 5.67. The number of hydrogen-bond acceptors (Lipinski definition) is 4. The first-order chi connectivity index (χ1) is 7.74. The van der Waals surface area contributed by atoms with Gasteiger partial charge in [0.25, 0.3) is 10.0 Å². The zero-order valence-corrected chi connectivity index (χ0v) is 9.31. The van der Waals surface area contributed by atoms with E-state index in [0.29, 0.717) is 0 Å². The van der Waals surface area contributed by atoms with Crippen molar-refractivity contribution in [2.75, 3.05) is 5.73 Å². The molecule has 1 rings (SSSR count). The number of sulfonamides is 1. The summed E-state index contributed by atoms with van der Waals surface area (Å²) in [6, 6.07) is 3.30. The summed E-state index contributed by atoms with van der Waals surface area (Å²) in [5.41, 5.74) is 14.9. The Balaban J connectivity index is 3.55. The van der Waals surface area contributed by atoms with Crippen LogP contribution in [0.25, 0.3) is 0 Å². The second-order valence-corrected chi connectivity index (χ2v) is 4.62. The molecule has 0 atom stereocenters. The highest BCUT2D eigenvalue weighted by Crippen LogP contribution is 2.21. The molecule has 0 aliphatic rings. The van der Waals surface area contributed by atoms with Crippen molar-refractivity contribution in [1.82, 2.24) is 0 Å². The van der Waals surface area contributed by atoms with Gasteiger partial charge in [0.2, 0.25) is 5.96 Å². The zero-order chi connectivity index (χ0) is 13.2. The largest absolute Gasteiger partial charge is 0.478 e. The molecule has 0 saturated heterocycles. The van der Waals surface area contributed by atoms with Crippen molar-refractivity contribution in [2.45, 2.75) is 4.90 Å². The van der Waals surface area contributed by atoms with E-state index in [1.54, 1.807) is 0 Å². The Morgan fingerprint density at radius 2 is 1.88 bits per heavy atom. The van der Waals surface area contributed by atoms with Gasteiger partial charge in [0, 0.05) is 5.69 Å². The van der Waals surface area contributed by atoms with Crippen molar-refractivity contribution in [3.05, 3.63) is 23.8 Å². The Bertz CT molecular complexity index is 590. The first kappa shape index (κ1) is 12.8. The van der Waals surface area contributed by atoms with Crippen molar-refractivity contribution < 1.29 is 18.3 Å². The van der Waals surface area contributed by atoms with Crippen LogP contribution in [0.4, 0.5) is 5.69 Å². The average Bonchev–Trinajstić information content (AvgIpc) is 2.14. The van der Waals surface area contributed by atoms with Crippen LogP contribution in [0.1, 0.15) is 10.4 Å². The van der Waals surface area contributed by atoms with E-state index >= 15 is 0 Å². The predicted octanol–water partition coefficient (Wildman–Crippen LogP) is -1.07. The number of aromatic carboxylic acids is 1. The van der Waals surface area contributed by atoms with E-state index in [9.17, 15) is 13.2 Å². The first-order valence-electron chi connectivity index (χ1n) is 4.23. The SMILES string of the molecule is NC(N)=NS(=O)(=O)c1cc(N)ccc1C(=O)O. The molecule has 1 aromatic rings. The molecule has 0 heterocycles. The normalized spacial score (nSPS) is 10.8. The van der Waals surface area contributed by atoms with Crippen LogP contribution in [-0.4, -0.2) is 25.5 Å². The number of carboxylic acid groups (broad SMARTS) is 1. The van der Waals surface area contributed by atoms with Gasteiger partial charge in [-0.1, -0.05) is 0 Å². The summed E-state index contributed by atoms with van der Waals surface area (Å²) < 4.78 is 26.3. The van der Waals surface area contributed by atoms with E-state index in [1.807, 2.05) is 0 Å². The van der Waals surface area contributed by atoms with Gasteiger partial charge in [-0.25, -0.2) is 4.79 Å². The van der Waals surface area contributed by atoms with Crippen molar-refractivity contribution >= 4 is 27.6 Å². The third kappa shape index (κ3) is 2.84. The summed E-state index contributed by atoms with van der Waals surface area (Å²) in [5, 5.41) is 8.84. The average molecular weight is 258 g/mol. The number of nitrogen functional groups attached to an aromatic ring is 1. The van der Waals surface area contributed by atoms with Gasteiger partial charge in [0.05, 0.1) is 5.56 Å². The topological polar surface area (TPSA) is 162 Å². The van der Waals surface area contributed by atoms with E-state index in [1.165, 1.54) is 6.07 Å². The number of guanidine groups is 1. The fourth-order valence-corrected chi connectivity index (χ4v) is 2.21. The van der Waals surface area contributed by atoms with E-state index in [-0.39, 0.29) is 5.69 Å². The van der Waals surface area contributed by atoms with Gasteiger partial charge in [-0.05, 0) is 18.2 Å². The molecule has 17 heavy (non-hydrogen) atoms. The molecule has 0 unspecified atom stereocenters. The van der Waals surface area contributed by atoms with Crippen LogP contribution in [0.3, 0.4) is 0 Å². The third-order valence-electron chi connectivity index (χ3n) is 1.74. The quantitative estimate of drug-likeness (QED) is 0.304. The molecule has 0 saturated carbocycles. The van der Waals surface area contributed by atoms with Gasteiger partial charge < -0.3 is 22.3 Å². The highest BCUT2D eigenvalue weighted by molar-refractivity contribution is 7.90. The molecule has 8 nitrogen and oxygen atoms in total. The number of nitrogens with two attached hydrogens (primary N) is 3. The summed E-state index contributed by atoms with van der Waals surface area (Å²) in [5.74, 6) is -2.11. The van der Waals surface area contributed by atoms with Crippen LogP contribution in [0.2, 0.25) is 0 Å². The van der Waals surface area contributed by atoms with Crippen molar-refractivity contribution in [3.8, 4) is 0 Å². The highest BCUT2D eigenvalue weighted by Gasteiger charge is 2.22. The molecular weight excluding hydrogens is 248 g/mol. The molecule has 0 fully saturated rings. The number of anilines is 1. The van der Waals surface area contributed by atoms with Gasteiger partial charge in [-0.15, -0.1) is 4.40 Å². The Labute approximate surface area is 96.8 Å². The minimum absolute atomic E-state index is 0.0827. The van der Waals surface area contributed by atoms with Crippen LogP contribution in [-0.2, 0) is 10.0 Å². The highest BCUT2D eigenvalue weighted by atomic mass is 32.2. The molecule has 0 bridgehead atoms. The summed E-state index contributed by atoms with van der Waals surface area (Å²) in [6.07, 6.45) is 0. The Morgan fingerprint density at radius 3 is 2.35 bits per heavy atom. The van der Waals surface area contributed by atoms with Gasteiger partial charge in [-0.2, -0.15) is 8.42 Å². The smallest absolute Gasteiger partial charge is 0.337 e. The molecule has 1 aromatic carbocycles. The molecule has 0 spiro atoms. The maximum atomic E-state index is 11.7. The van der Waals surface area contributed by atoms with Crippen LogP contribution in [0.15, 0.2) is 27.5 Å². The molecule has 7 N–H and O–H groups in total. The van der Waals surface area contributed by atoms with Gasteiger partial charge in [0.1, 0.15) is 4.90 Å². The lowest BCUT2D eigenvalue weighted by Gasteiger charge is -2.05. The fraction of sp³-hybridized carbons (Fsp3) is 0. The van der Waals surface area contributed by atoms with Gasteiger partial charge in [-0.3, -0.25) is 0 Å². The maximum absolute atomic E-state index is 11.7. The van der Waals surface area contributed by atoms with Crippen LogP contribution >= 0.6 is 0 Å². The maximum Gasteiger partial charge on any atom is 0.337 e. The molecule has 9 heteroatoms. The monoisotopic (exact) mass is 258 g/mol. The number of carboxylic acids is 1. The van der Waals surface area contributed by atoms with Crippen LogP contribution in [0, 0.1) is 0 Å². The number of rotatable bonds is 3. The molecule has 0 aliphatic carbocycles. The van der Waals surface area contributed by atoms with E-state index < -0.39 is 32.4 Å². The molecule has 92 valence electrons. The van der Waals surface area contributed by atoms with Gasteiger partial charge in [0.15, 0.2) is 0 Å². The Hall–Kier alpha value is -2.29. The molecule has 0 aliphatic heterocycles. The van der Waals surface area contributed by atoms with Crippen molar-refractivity contribution in [1.29, 1.82) is 0 Å². The Kier molecular flexibility index (Phi) is 3.23.